The molecule has 0 unspecified atom stereocenters. The summed E-state index contributed by atoms with van der Waals surface area (Å²) in [4.78, 5) is 4.29. The van der Waals surface area contributed by atoms with Gasteiger partial charge in [-0.3, -0.25) is 4.98 Å². The number of nitrogens with zero attached hydrogens (tertiary/aromatic N) is 1. The Morgan fingerprint density at radius 1 is 1.47 bits per heavy atom. The molecule has 0 amide bonds. The molecule has 0 saturated heterocycles. The average Bonchev–Trinajstić information content (AvgIpc) is 2.83. The quantitative estimate of drug-likeness (QED) is 0.854. The number of aromatic nitrogens is 1. The molecule has 0 aliphatic heterocycles. The molecular weight excluding hydrogens is 278 g/mol. The Bertz CT molecular complexity index is 463. The molecular formula is C10H12BrNO2S. The molecule has 1 saturated carbocycles. The van der Waals surface area contributed by atoms with Crippen molar-refractivity contribution in [3.63, 3.8) is 0 Å². The fourth-order valence-electron chi connectivity index (χ4n) is 1.82. The van der Waals surface area contributed by atoms with E-state index in [9.17, 15) is 8.42 Å². The molecule has 0 bridgehead atoms. The van der Waals surface area contributed by atoms with Crippen LogP contribution in [0.25, 0.3) is 0 Å². The van der Waals surface area contributed by atoms with Crippen LogP contribution in [0.4, 0.5) is 0 Å². The first-order valence-corrected chi connectivity index (χ1v) is 7.56. The SMILES string of the molecule is CS(=O)(=O)CC1(c2ccc(Br)cn2)CC1. The Hall–Kier alpha value is -0.420. The normalized spacial score (nSPS) is 18.8. The molecule has 0 radical (unpaired) electrons. The van der Waals surface area contributed by atoms with E-state index in [2.05, 4.69) is 20.9 Å². The third-order valence-electron chi connectivity index (χ3n) is 2.66. The van der Waals surface area contributed by atoms with Gasteiger partial charge in [-0.25, -0.2) is 8.42 Å². The van der Waals surface area contributed by atoms with Crippen LogP contribution in [0.3, 0.4) is 0 Å². The van der Waals surface area contributed by atoms with Crippen molar-refractivity contribution in [2.75, 3.05) is 12.0 Å². The van der Waals surface area contributed by atoms with Crippen molar-refractivity contribution >= 4 is 25.8 Å². The summed E-state index contributed by atoms with van der Waals surface area (Å²) in [5.74, 6) is 0.217. The summed E-state index contributed by atoms with van der Waals surface area (Å²) in [7, 11) is -2.93. The molecule has 1 aliphatic carbocycles. The van der Waals surface area contributed by atoms with Crippen molar-refractivity contribution in [1.29, 1.82) is 0 Å². The van der Waals surface area contributed by atoms with Crippen molar-refractivity contribution in [1.82, 2.24) is 4.98 Å². The molecule has 0 N–H and O–H groups in total. The van der Waals surface area contributed by atoms with Crippen molar-refractivity contribution in [3.05, 3.63) is 28.5 Å². The largest absolute Gasteiger partial charge is 0.260 e. The topological polar surface area (TPSA) is 47.0 Å². The smallest absolute Gasteiger partial charge is 0.148 e. The maximum atomic E-state index is 11.3. The Morgan fingerprint density at radius 2 is 2.13 bits per heavy atom. The predicted molar refractivity (Wildman–Crippen MR) is 62.6 cm³/mol. The van der Waals surface area contributed by atoms with Crippen LogP contribution in [0.1, 0.15) is 18.5 Å². The second-order valence-electron chi connectivity index (χ2n) is 4.21. The molecule has 2 rings (SSSR count). The van der Waals surface area contributed by atoms with E-state index in [-0.39, 0.29) is 11.2 Å². The minimum atomic E-state index is -2.93. The standard InChI is InChI=1S/C10H12BrNO2S/c1-15(13,14)7-10(4-5-10)9-3-2-8(11)6-12-9/h2-3,6H,4-5,7H2,1H3. The lowest BCUT2D eigenvalue weighted by atomic mass is 10.1. The van der Waals surface area contributed by atoms with Gasteiger partial charge in [0.05, 0.1) is 5.75 Å². The van der Waals surface area contributed by atoms with Crippen molar-refractivity contribution < 1.29 is 8.42 Å². The number of hydrogen-bond acceptors (Lipinski definition) is 3. The molecule has 1 aromatic rings. The van der Waals surface area contributed by atoms with Crippen LogP contribution in [0, 0.1) is 0 Å². The van der Waals surface area contributed by atoms with Crippen LogP contribution in [-0.4, -0.2) is 25.4 Å². The molecule has 82 valence electrons. The van der Waals surface area contributed by atoms with Gasteiger partial charge in [-0.1, -0.05) is 0 Å². The highest BCUT2D eigenvalue weighted by Crippen LogP contribution is 2.48. The maximum absolute atomic E-state index is 11.3. The van der Waals surface area contributed by atoms with E-state index < -0.39 is 9.84 Å². The summed E-state index contributed by atoms with van der Waals surface area (Å²) in [6.07, 6.45) is 4.85. The number of pyridine rings is 1. The van der Waals surface area contributed by atoms with Crippen molar-refractivity contribution in [3.8, 4) is 0 Å². The van der Waals surface area contributed by atoms with Crippen LogP contribution in [-0.2, 0) is 15.3 Å². The van der Waals surface area contributed by atoms with Crippen LogP contribution >= 0.6 is 15.9 Å². The highest BCUT2D eigenvalue weighted by Gasteiger charge is 2.47. The Morgan fingerprint density at radius 3 is 2.53 bits per heavy atom. The minimum Gasteiger partial charge on any atom is -0.260 e. The molecule has 0 atom stereocenters. The van der Waals surface area contributed by atoms with E-state index in [0.29, 0.717) is 0 Å². The summed E-state index contributed by atoms with van der Waals surface area (Å²) in [5.41, 5.74) is 0.699. The number of rotatable bonds is 3. The van der Waals surface area contributed by atoms with E-state index in [1.807, 2.05) is 12.1 Å². The first kappa shape index (κ1) is 11.1. The Balaban J connectivity index is 2.27. The molecule has 1 aromatic heterocycles. The molecule has 1 heterocycles. The number of sulfone groups is 1. The fourth-order valence-corrected chi connectivity index (χ4v) is 3.49. The maximum Gasteiger partial charge on any atom is 0.148 e. The zero-order chi connectivity index (χ0) is 11.1. The van der Waals surface area contributed by atoms with E-state index >= 15 is 0 Å². The lowest BCUT2D eigenvalue weighted by molar-refractivity contribution is 0.590. The van der Waals surface area contributed by atoms with Gasteiger partial charge in [0.25, 0.3) is 0 Å². The molecule has 0 aromatic carbocycles. The number of halogens is 1. The second-order valence-corrected chi connectivity index (χ2v) is 7.27. The van der Waals surface area contributed by atoms with Crippen LogP contribution in [0.2, 0.25) is 0 Å². The van der Waals surface area contributed by atoms with E-state index in [1.54, 1.807) is 6.20 Å². The second kappa shape index (κ2) is 3.56. The fraction of sp³-hybridized carbons (Fsp3) is 0.500. The minimum absolute atomic E-state index is 0.200. The van der Waals surface area contributed by atoms with Crippen LogP contribution < -0.4 is 0 Å². The van der Waals surface area contributed by atoms with Crippen molar-refractivity contribution in [2.24, 2.45) is 0 Å². The van der Waals surface area contributed by atoms with Gasteiger partial charge in [0.15, 0.2) is 0 Å². The lowest BCUT2D eigenvalue weighted by Gasteiger charge is -2.12. The van der Waals surface area contributed by atoms with Gasteiger partial charge in [-0.05, 0) is 40.9 Å². The summed E-state index contributed by atoms with van der Waals surface area (Å²) in [6, 6.07) is 3.81. The molecule has 3 nitrogen and oxygen atoms in total. The Labute approximate surface area is 98.0 Å². The summed E-state index contributed by atoms with van der Waals surface area (Å²) in [5, 5.41) is 0. The monoisotopic (exact) mass is 289 g/mol. The molecule has 15 heavy (non-hydrogen) atoms. The van der Waals surface area contributed by atoms with E-state index in [1.165, 1.54) is 6.26 Å². The molecule has 5 heteroatoms. The first-order valence-electron chi connectivity index (χ1n) is 4.71. The van der Waals surface area contributed by atoms with E-state index in [4.69, 9.17) is 0 Å². The van der Waals surface area contributed by atoms with Crippen LogP contribution in [0.5, 0.6) is 0 Å². The lowest BCUT2D eigenvalue weighted by Crippen LogP contribution is -2.20. The van der Waals surface area contributed by atoms with Crippen molar-refractivity contribution in [2.45, 2.75) is 18.3 Å². The van der Waals surface area contributed by atoms with Gasteiger partial charge < -0.3 is 0 Å². The van der Waals surface area contributed by atoms with Gasteiger partial charge in [0, 0.05) is 28.0 Å². The highest BCUT2D eigenvalue weighted by molar-refractivity contribution is 9.10. The summed E-state index contributed by atoms with van der Waals surface area (Å²) in [6.45, 7) is 0. The Kier molecular flexibility index (Phi) is 2.63. The van der Waals surface area contributed by atoms with Gasteiger partial charge in [-0.2, -0.15) is 0 Å². The van der Waals surface area contributed by atoms with Gasteiger partial charge in [0.2, 0.25) is 0 Å². The molecule has 1 aliphatic rings. The molecule has 1 fully saturated rings. The van der Waals surface area contributed by atoms with Gasteiger partial charge in [0.1, 0.15) is 9.84 Å². The van der Waals surface area contributed by atoms with E-state index in [0.717, 1.165) is 23.0 Å². The first-order chi connectivity index (χ1) is 6.91. The third-order valence-corrected chi connectivity index (χ3v) is 4.21. The number of hydrogen-bond donors (Lipinski definition) is 0. The summed E-state index contributed by atoms with van der Waals surface area (Å²) < 4.78 is 23.5. The third kappa shape index (κ3) is 2.58. The zero-order valence-electron chi connectivity index (χ0n) is 8.40. The highest BCUT2D eigenvalue weighted by atomic mass is 79.9. The zero-order valence-corrected chi connectivity index (χ0v) is 10.8. The van der Waals surface area contributed by atoms with Gasteiger partial charge >= 0.3 is 0 Å². The average molecular weight is 290 g/mol. The molecule has 0 spiro atoms. The predicted octanol–water partition coefficient (Wildman–Crippen LogP) is 1.92. The van der Waals surface area contributed by atoms with Crippen LogP contribution in [0.15, 0.2) is 22.8 Å². The van der Waals surface area contributed by atoms with Gasteiger partial charge in [-0.15, -0.1) is 0 Å². The summed E-state index contributed by atoms with van der Waals surface area (Å²) >= 11 is 3.31.